The van der Waals surface area contributed by atoms with Crippen LogP contribution in [-0.4, -0.2) is 215 Å². The molecule has 3 heterocycles. The van der Waals surface area contributed by atoms with Crippen molar-refractivity contribution >= 4 is 17.8 Å². The van der Waals surface area contributed by atoms with Crippen molar-refractivity contribution in [3.63, 3.8) is 0 Å². The van der Waals surface area contributed by atoms with E-state index >= 15 is 0 Å². The van der Waals surface area contributed by atoms with Crippen molar-refractivity contribution in [2.45, 2.75) is 484 Å². The molecule has 0 radical (unpaired) electrons. The Morgan fingerprint density at radius 3 is 1.25 bits per heavy atom. The second-order valence-electron chi connectivity index (χ2n) is 32.1. The molecule has 3 fully saturated rings. The van der Waals surface area contributed by atoms with Crippen LogP contribution in [0, 0.1) is 0 Å². The van der Waals surface area contributed by atoms with Gasteiger partial charge in [0.1, 0.15) is 67.1 Å². The summed E-state index contributed by atoms with van der Waals surface area (Å²) in [6.07, 6.45) is 42.5. The lowest BCUT2D eigenvalue weighted by Gasteiger charge is -2.50. The fourth-order valence-corrected chi connectivity index (χ4v) is 15.5. The van der Waals surface area contributed by atoms with E-state index in [1.165, 1.54) is 270 Å². The minimum absolute atomic E-state index is 0.227. The van der Waals surface area contributed by atoms with Gasteiger partial charge in [0, 0.05) is 19.8 Å². The molecule has 0 spiro atoms. The molecular formula is C85H160N2O21. The van der Waals surface area contributed by atoms with Crippen LogP contribution in [0.2, 0.25) is 0 Å². The van der Waals surface area contributed by atoms with E-state index < -0.39 is 148 Å². The van der Waals surface area contributed by atoms with Gasteiger partial charge in [0.25, 0.3) is 5.79 Å². The first-order valence-corrected chi connectivity index (χ1v) is 44.0. The maximum Gasteiger partial charge on any atom is 0.364 e. The normalized spacial score (nSPS) is 25.9. The number of carbonyl (C=O) groups is 3. The Bertz CT molecular complexity index is 2190. The summed E-state index contributed by atoms with van der Waals surface area (Å²) < 4.78 is 35.0. The lowest BCUT2D eigenvalue weighted by atomic mass is 9.88. The summed E-state index contributed by atoms with van der Waals surface area (Å²) in [5.74, 6) is -6.09. The van der Waals surface area contributed by atoms with E-state index in [0.29, 0.717) is 19.3 Å². The van der Waals surface area contributed by atoms with E-state index in [2.05, 4.69) is 36.6 Å². The molecule has 0 aliphatic carbocycles. The van der Waals surface area contributed by atoms with Crippen molar-refractivity contribution in [1.82, 2.24) is 10.6 Å². The molecule has 2 amide bonds. The van der Waals surface area contributed by atoms with Crippen molar-refractivity contribution in [2.24, 2.45) is 0 Å². The van der Waals surface area contributed by atoms with E-state index in [0.717, 1.165) is 58.3 Å². The summed E-state index contributed by atoms with van der Waals surface area (Å²) in [4.78, 5) is 38.7. The molecule has 18 atom stereocenters. The van der Waals surface area contributed by atoms with Crippen LogP contribution in [0.4, 0.5) is 0 Å². The maximum absolute atomic E-state index is 13.6. The van der Waals surface area contributed by atoms with Crippen LogP contribution >= 0.6 is 0 Å². The van der Waals surface area contributed by atoms with Crippen LogP contribution in [0.25, 0.3) is 0 Å². The zero-order chi connectivity index (χ0) is 78.8. The lowest BCUT2D eigenvalue weighted by Crippen LogP contribution is -2.70. The van der Waals surface area contributed by atoms with Crippen molar-refractivity contribution in [1.29, 1.82) is 0 Å². The van der Waals surface area contributed by atoms with Gasteiger partial charge < -0.3 is 100 Å². The Morgan fingerprint density at radius 2 is 0.861 bits per heavy atom. The number of ether oxygens (including phenoxy) is 6. The van der Waals surface area contributed by atoms with Gasteiger partial charge in [-0.05, 0) is 38.5 Å². The van der Waals surface area contributed by atoms with Gasteiger partial charge in [0.15, 0.2) is 12.6 Å². The molecule has 0 aromatic carbocycles. The van der Waals surface area contributed by atoms with Crippen LogP contribution in [0.1, 0.15) is 374 Å². The van der Waals surface area contributed by atoms with Crippen molar-refractivity contribution in [3.05, 3.63) is 12.2 Å². The molecule has 0 aromatic heterocycles. The van der Waals surface area contributed by atoms with Crippen LogP contribution < -0.4 is 10.6 Å². The summed E-state index contributed by atoms with van der Waals surface area (Å²) in [5.41, 5.74) is 0. The largest absolute Gasteiger partial charge is 0.477 e. The predicted molar refractivity (Wildman–Crippen MR) is 422 cm³/mol. The molecule has 18 unspecified atom stereocenters. The summed E-state index contributed by atoms with van der Waals surface area (Å²) in [6, 6.07) is -2.53. The number of carboxylic acids is 1. The second-order valence-corrected chi connectivity index (χ2v) is 32.1. The highest BCUT2D eigenvalue weighted by molar-refractivity contribution is 5.77. The number of carboxylic acid groups (broad SMARTS) is 1. The lowest BCUT2D eigenvalue weighted by molar-refractivity contribution is -0.386. The molecule has 636 valence electrons. The Morgan fingerprint density at radius 1 is 0.472 bits per heavy atom. The fourth-order valence-electron chi connectivity index (χ4n) is 15.5. The van der Waals surface area contributed by atoms with E-state index in [9.17, 15) is 75.7 Å². The van der Waals surface area contributed by atoms with Crippen LogP contribution in [0.15, 0.2) is 12.2 Å². The topological polar surface area (TPSA) is 373 Å². The molecule has 3 aliphatic heterocycles. The smallest absolute Gasteiger partial charge is 0.364 e. The number of aliphatic hydroxyl groups is 11. The average molecular weight is 1550 g/mol. The van der Waals surface area contributed by atoms with Crippen molar-refractivity contribution in [2.75, 3.05) is 26.4 Å². The SMILES string of the molecule is CCCCCCCCCCCCCCCCCCCC/C=C\CCCCCCCCCCCCCCCCCCCC(=O)NC(COC1OC(CO)C(OC2OC(CO)C(O)C(OC3(C(=O)O)CC(O)C(NC(C)=O)C(C(O)C(O)CO)O3)C2O)C(O)C1O)C(O)CCCCCCCCCCCCCCCCC. The van der Waals surface area contributed by atoms with Gasteiger partial charge in [-0.15, -0.1) is 0 Å². The van der Waals surface area contributed by atoms with Gasteiger partial charge >= 0.3 is 5.97 Å². The van der Waals surface area contributed by atoms with E-state index in [1.54, 1.807) is 0 Å². The number of aliphatic hydroxyl groups excluding tert-OH is 11. The summed E-state index contributed by atoms with van der Waals surface area (Å²) in [6.45, 7) is 2.26. The second kappa shape index (κ2) is 63.7. The molecule has 3 saturated heterocycles. The van der Waals surface area contributed by atoms with Gasteiger partial charge in [-0.2, -0.15) is 0 Å². The maximum atomic E-state index is 13.6. The molecule has 14 N–H and O–H groups in total. The Hall–Kier alpha value is -2.53. The monoisotopic (exact) mass is 1550 g/mol. The summed E-state index contributed by atoms with van der Waals surface area (Å²) >= 11 is 0. The fraction of sp³-hybridized carbons (Fsp3) is 0.941. The minimum Gasteiger partial charge on any atom is -0.477 e. The Labute approximate surface area is 651 Å². The molecule has 23 nitrogen and oxygen atoms in total. The van der Waals surface area contributed by atoms with Gasteiger partial charge in [-0.3, -0.25) is 9.59 Å². The highest BCUT2D eigenvalue weighted by atomic mass is 16.8. The molecule has 0 bridgehead atoms. The number of amides is 2. The standard InChI is InChI=1S/C85H160N2O21/c1-4-6-8-10-12-14-16-18-20-21-22-23-24-25-26-27-28-29-30-31-32-33-34-35-36-37-38-39-40-41-42-43-45-47-49-51-53-55-57-59-72(95)87-66(67(92)58-56-54-52-50-48-46-44-19-17-15-13-11-9-7-5-2)64-103-82-77(99)76(98)79(71(63-90)105-82)106-83-78(100)81(75(97)70(62-89)104-83)108-85(84(101)102)60-68(93)73(86-65(3)91)80(107-85)74(96)69(94)61-88/h31-32,66-71,73-83,88-90,92-94,96-100H,4-30,33-64H2,1-3H3,(H,86,91)(H,87,95)(H,101,102)/b32-31-. The van der Waals surface area contributed by atoms with E-state index in [-0.39, 0.29) is 18.9 Å². The van der Waals surface area contributed by atoms with E-state index in [1.807, 2.05) is 0 Å². The first kappa shape index (κ1) is 99.7. The van der Waals surface area contributed by atoms with Crippen molar-refractivity contribution in [3.8, 4) is 0 Å². The molecular weight excluding hydrogens is 1380 g/mol. The highest BCUT2D eigenvalue weighted by Gasteiger charge is 2.60. The zero-order valence-corrected chi connectivity index (χ0v) is 67.7. The quantitative estimate of drug-likeness (QED) is 0.0199. The van der Waals surface area contributed by atoms with Gasteiger partial charge in [-0.1, -0.05) is 328 Å². The molecule has 108 heavy (non-hydrogen) atoms. The molecule has 3 rings (SSSR count). The third kappa shape index (κ3) is 42.7. The Balaban J connectivity index is 1.38. The average Bonchev–Trinajstić information content (AvgIpc) is 0.754. The third-order valence-corrected chi connectivity index (χ3v) is 22.5. The third-order valence-electron chi connectivity index (χ3n) is 22.5. The summed E-state index contributed by atoms with van der Waals surface area (Å²) in [7, 11) is 0. The number of unbranched alkanes of at least 4 members (excludes halogenated alkanes) is 49. The molecule has 3 aliphatic rings. The highest BCUT2D eigenvalue weighted by Crippen LogP contribution is 2.39. The van der Waals surface area contributed by atoms with Crippen LogP contribution in [0.5, 0.6) is 0 Å². The molecule has 23 heteroatoms. The Kier molecular flexibility index (Phi) is 58.8. The number of carbonyl (C=O) groups excluding carboxylic acids is 2. The number of rotatable bonds is 71. The van der Waals surface area contributed by atoms with E-state index in [4.69, 9.17) is 28.4 Å². The van der Waals surface area contributed by atoms with Crippen LogP contribution in [-0.2, 0) is 42.8 Å². The predicted octanol–water partition coefficient (Wildman–Crippen LogP) is 13.3. The number of aliphatic carboxylic acids is 1. The van der Waals surface area contributed by atoms with Gasteiger partial charge in [0.2, 0.25) is 11.8 Å². The number of allylic oxidation sites excluding steroid dienone is 2. The summed E-state index contributed by atoms with van der Waals surface area (Å²) in [5, 5.41) is 137. The first-order valence-electron chi connectivity index (χ1n) is 44.0. The molecule has 0 saturated carbocycles. The first-order chi connectivity index (χ1) is 52.4. The number of nitrogens with one attached hydrogen (secondary N) is 2. The van der Waals surface area contributed by atoms with Gasteiger partial charge in [0.05, 0.1) is 50.7 Å². The number of hydrogen-bond acceptors (Lipinski definition) is 20. The molecule has 0 aromatic rings. The van der Waals surface area contributed by atoms with Crippen molar-refractivity contribution < 1.29 is 104 Å². The minimum atomic E-state index is -3.08. The van der Waals surface area contributed by atoms with Crippen LogP contribution in [0.3, 0.4) is 0 Å². The van der Waals surface area contributed by atoms with Gasteiger partial charge in [-0.25, -0.2) is 4.79 Å². The number of hydrogen-bond donors (Lipinski definition) is 14. The zero-order valence-electron chi connectivity index (χ0n) is 67.7.